The van der Waals surface area contributed by atoms with Gasteiger partial charge in [-0.2, -0.15) is 0 Å². The fourth-order valence-corrected chi connectivity index (χ4v) is 2.70. The Labute approximate surface area is 135 Å². The van der Waals surface area contributed by atoms with Crippen LogP contribution in [-0.4, -0.2) is 12.6 Å². The van der Waals surface area contributed by atoms with E-state index in [0.29, 0.717) is 13.0 Å². The average Bonchev–Trinajstić information content (AvgIpc) is 2.82. The summed E-state index contributed by atoms with van der Waals surface area (Å²) in [6.07, 6.45) is 10.8. The molecule has 0 amide bonds. The number of carbonyl (C=O) groups is 1. The van der Waals surface area contributed by atoms with E-state index in [4.69, 9.17) is 9.15 Å². The molecular formula is C19H32O3. The summed E-state index contributed by atoms with van der Waals surface area (Å²) in [6, 6.07) is 2.19. The Morgan fingerprint density at radius 3 is 2.41 bits per heavy atom. The monoisotopic (exact) mass is 308 g/mol. The van der Waals surface area contributed by atoms with E-state index >= 15 is 0 Å². The molecule has 3 heteroatoms. The number of rotatable bonds is 12. The Hall–Kier alpha value is -1.25. The van der Waals surface area contributed by atoms with Gasteiger partial charge in [0.25, 0.3) is 0 Å². The van der Waals surface area contributed by atoms with Gasteiger partial charge in [0.05, 0.1) is 6.61 Å². The number of esters is 1. The zero-order valence-electron chi connectivity index (χ0n) is 14.6. The Bertz CT molecular complexity index is 420. The Kier molecular flexibility index (Phi) is 9.69. The summed E-state index contributed by atoms with van der Waals surface area (Å²) in [5.74, 6) is 2.25. The van der Waals surface area contributed by atoms with Crippen molar-refractivity contribution < 1.29 is 13.9 Å². The molecule has 1 aromatic rings. The lowest BCUT2D eigenvalue weighted by molar-refractivity contribution is -0.143. The van der Waals surface area contributed by atoms with Gasteiger partial charge >= 0.3 is 5.97 Å². The molecule has 126 valence electrons. The number of carbonyl (C=O) groups excluding carboxylic acids is 1. The summed E-state index contributed by atoms with van der Waals surface area (Å²) >= 11 is 0. The first-order chi connectivity index (χ1) is 10.7. The molecule has 1 heterocycles. The van der Waals surface area contributed by atoms with Crippen molar-refractivity contribution in [3.8, 4) is 0 Å². The van der Waals surface area contributed by atoms with Gasteiger partial charge < -0.3 is 9.15 Å². The maximum atomic E-state index is 11.2. The smallest absolute Gasteiger partial charge is 0.305 e. The Morgan fingerprint density at radius 2 is 1.73 bits per heavy atom. The number of unbranched alkanes of at least 4 members (excludes halogenated alkanes) is 5. The lowest BCUT2D eigenvalue weighted by Gasteiger charge is -2.03. The summed E-state index contributed by atoms with van der Waals surface area (Å²) in [6.45, 7) is 6.67. The average molecular weight is 308 g/mol. The number of hydrogen-bond donors (Lipinski definition) is 0. The maximum Gasteiger partial charge on any atom is 0.305 e. The van der Waals surface area contributed by atoms with Crippen LogP contribution in [0.25, 0.3) is 0 Å². The van der Waals surface area contributed by atoms with Crippen LogP contribution in [0.15, 0.2) is 10.5 Å². The van der Waals surface area contributed by atoms with E-state index in [-0.39, 0.29) is 5.97 Å². The number of furan rings is 1. The predicted molar refractivity (Wildman–Crippen MR) is 90.1 cm³/mol. The highest BCUT2D eigenvalue weighted by Gasteiger charge is 2.06. The summed E-state index contributed by atoms with van der Waals surface area (Å²) in [7, 11) is 0. The van der Waals surface area contributed by atoms with E-state index in [2.05, 4.69) is 19.9 Å². The molecular weight excluding hydrogens is 276 g/mol. The minimum atomic E-state index is -0.0568. The Morgan fingerprint density at radius 1 is 1.05 bits per heavy atom. The third kappa shape index (κ3) is 7.67. The zero-order chi connectivity index (χ0) is 16.2. The molecule has 0 bridgehead atoms. The van der Waals surface area contributed by atoms with Crippen molar-refractivity contribution in [3.05, 3.63) is 23.2 Å². The first kappa shape index (κ1) is 18.8. The molecule has 0 unspecified atom stereocenters. The van der Waals surface area contributed by atoms with Crippen LogP contribution in [0.5, 0.6) is 0 Å². The first-order valence-electron chi connectivity index (χ1n) is 8.91. The van der Waals surface area contributed by atoms with Crippen LogP contribution in [0.3, 0.4) is 0 Å². The molecule has 0 fully saturated rings. The van der Waals surface area contributed by atoms with Gasteiger partial charge in [0, 0.05) is 19.3 Å². The summed E-state index contributed by atoms with van der Waals surface area (Å²) in [5.41, 5.74) is 1.30. The number of hydrogen-bond acceptors (Lipinski definition) is 3. The van der Waals surface area contributed by atoms with Crippen molar-refractivity contribution in [2.75, 3.05) is 6.61 Å². The highest BCUT2D eigenvalue weighted by molar-refractivity contribution is 5.69. The molecule has 3 nitrogen and oxygen atoms in total. The maximum absolute atomic E-state index is 11.2. The van der Waals surface area contributed by atoms with Crippen molar-refractivity contribution >= 4 is 5.97 Å². The fraction of sp³-hybridized carbons (Fsp3) is 0.737. The molecule has 22 heavy (non-hydrogen) atoms. The molecule has 0 aliphatic carbocycles. The van der Waals surface area contributed by atoms with Gasteiger partial charge in [-0.25, -0.2) is 0 Å². The number of aryl methyl sites for hydroxylation is 3. The van der Waals surface area contributed by atoms with Crippen LogP contribution in [0, 0.1) is 6.92 Å². The molecule has 0 N–H and O–H groups in total. The van der Waals surface area contributed by atoms with Gasteiger partial charge in [-0.3, -0.25) is 4.79 Å². The van der Waals surface area contributed by atoms with Gasteiger partial charge in [-0.15, -0.1) is 0 Å². The highest BCUT2D eigenvalue weighted by atomic mass is 16.5. The zero-order valence-corrected chi connectivity index (χ0v) is 14.6. The lowest BCUT2D eigenvalue weighted by atomic mass is 10.1. The van der Waals surface area contributed by atoms with Crippen LogP contribution >= 0.6 is 0 Å². The predicted octanol–water partition coefficient (Wildman–Crippen LogP) is 5.38. The first-order valence-corrected chi connectivity index (χ1v) is 8.91. The molecule has 0 aliphatic heterocycles. The molecule has 0 radical (unpaired) electrons. The molecule has 0 spiro atoms. The second kappa shape index (κ2) is 11.3. The van der Waals surface area contributed by atoms with Gasteiger partial charge in [0.2, 0.25) is 0 Å². The topological polar surface area (TPSA) is 39.4 Å². The standard InChI is InChI=1S/C19H32O3/c1-4-12-17-15-16(3)18(22-17)13-10-8-6-7-9-11-14-19(20)21-5-2/h15H,4-14H2,1-3H3. The molecule has 1 aromatic heterocycles. The van der Waals surface area contributed by atoms with E-state index < -0.39 is 0 Å². The van der Waals surface area contributed by atoms with Crippen LogP contribution in [0.4, 0.5) is 0 Å². The summed E-state index contributed by atoms with van der Waals surface area (Å²) in [5, 5.41) is 0. The minimum Gasteiger partial charge on any atom is -0.466 e. The van der Waals surface area contributed by atoms with E-state index in [0.717, 1.165) is 37.9 Å². The van der Waals surface area contributed by atoms with Crippen LogP contribution in [0.2, 0.25) is 0 Å². The SMILES string of the molecule is CCCc1cc(C)c(CCCCCCCCC(=O)OCC)o1. The number of ether oxygens (including phenoxy) is 1. The molecule has 0 aliphatic rings. The van der Waals surface area contributed by atoms with Crippen molar-refractivity contribution in [1.29, 1.82) is 0 Å². The van der Waals surface area contributed by atoms with Crippen molar-refractivity contribution in [2.24, 2.45) is 0 Å². The van der Waals surface area contributed by atoms with Crippen molar-refractivity contribution in [1.82, 2.24) is 0 Å². The Balaban J connectivity index is 2.02. The molecule has 1 rings (SSSR count). The van der Waals surface area contributed by atoms with Gasteiger partial charge in [-0.1, -0.05) is 32.6 Å². The van der Waals surface area contributed by atoms with E-state index in [1.54, 1.807) is 0 Å². The van der Waals surface area contributed by atoms with Crippen molar-refractivity contribution in [2.45, 2.75) is 85.0 Å². The second-order valence-electron chi connectivity index (χ2n) is 6.00. The highest BCUT2D eigenvalue weighted by Crippen LogP contribution is 2.19. The van der Waals surface area contributed by atoms with Gasteiger partial charge in [-0.05, 0) is 44.7 Å². The second-order valence-corrected chi connectivity index (χ2v) is 6.00. The summed E-state index contributed by atoms with van der Waals surface area (Å²) in [4.78, 5) is 11.2. The van der Waals surface area contributed by atoms with E-state index in [9.17, 15) is 4.79 Å². The van der Waals surface area contributed by atoms with Crippen molar-refractivity contribution in [3.63, 3.8) is 0 Å². The fourth-order valence-electron chi connectivity index (χ4n) is 2.70. The molecule has 0 aromatic carbocycles. The largest absolute Gasteiger partial charge is 0.466 e. The minimum absolute atomic E-state index is 0.0568. The third-order valence-corrected chi connectivity index (χ3v) is 3.91. The van der Waals surface area contributed by atoms with Gasteiger partial charge in [0.15, 0.2) is 0 Å². The molecule has 0 saturated heterocycles. The third-order valence-electron chi connectivity index (χ3n) is 3.91. The lowest BCUT2D eigenvalue weighted by Crippen LogP contribution is -2.03. The van der Waals surface area contributed by atoms with E-state index in [1.165, 1.54) is 37.0 Å². The van der Waals surface area contributed by atoms with Gasteiger partial charge in [0.1, 0.15) is 11.5 Å². The van der Waals surface area contributed by atoms with Crippen LogP contribution in [0.1, 0.15) is 82.3 Å². The quantitative estimate of drug-likeness (QED) is 0.384. The van der Waals surface area contributed by atoms with Crippen LogP contribution in [-0.2, 0) is 22.4 Å². The molecule has 0 atom stereocenters. The van der Waals surface area contributed by atoms with E-state index in [1.807, 2.05) is 6.92 Å². The van der Waals surface area contributed by atoms with Crippen LogP contribution < -0.4 is 0 Å². The summed E-state index contributed by atoms with van der Waals surface area (Å²) < 4.78 is 10.8. The molecule has 0 saturated carbocycles. The normalized spacial score (nSPS) is 10.9.